The summed E-state index contributed by atoms with van der Waals surface area (Å²) >= 11 is 0. The Labute approximate surface area is 265 Å². The van der Waals surface area contributed by atoms with Crippen LogP contribution in [0.4, 0.5) is 0 Å². The Morgan fingerprint density at radius 2 is 0.622 bits per heavy atom. The molecule has 0 amide bonds. The van der Waals surface area contributed by atoms with Gasteiger partial charge < -0.3 is 57.2 Å². The number of carbonyl (C=O) groups is 4. The van der Waals surface area contributed by atoms with Gasteiger partial charge in [-0.1, -0.05) is 6.92 Å². The van der Waals surface area contributed by atoms with Crippen molar-refractivity contribution in [3.8, 4) is 0 Å². The van der Waals surface area contributed by atoms with Gasteiger partial charge in [0.05, 0.1) is 125 Å². The van der Waals surface area contributed by atoms with Gasteiger partial charge in [-0.2, -0.15) is 0 Å². The molecule has 0 radical (unpaired) electrons. The molecule has 16 nitrogen and oxygen atoms in total. The Kier molecular flexibility index (Phi) is 32.8. The summed E-state index contributed by atoms with van der Waals surface area (Å²) in [7, 11) is 0. The van der Waals surface area contributed by atoms with Gasteiger partial charge in [0.2, 0.25) is 5.78 Å². The zero-order valence-corrected chi connectivity index (χ0v) is 26.5. The molecular formula is C29H52O16. The van der Waals surface area contributed by atoms with Crippen molar-refractivity contribution in [1.82, 2.24) is 0 Å². The second-order valence-electron chi connectivity index (χ2n) is 8.93. The number of hydrogen-bond acceptors (Lipinski definition) is 15. The molecule has 264 valence electrons. The first kappa shape index (κ1) is 42.7. The molecule has 0 fully saturated rings. The van der Waals surface area contributed by atoms with Crippen LogP contribution in [-0.2, 0) is 71.3 Å². The van der Waals surface area contributed by atoms with Crippen molar-refractivity contribution in [2.45, 2.75) is 32.6 Å². The predicted molar refractivity (Wildman–Crippen MR) is 156 cm³/mol. The molecule has 0 aliphatic carbocycles. The first-order valence-electron chi connectivity index (χ1n) is 15.2. The molecule has 0 saturated carbocycles. The maximum Gasteiger partial charge on any atom is 0.372 e. The van der Waals surface area contributed by atoms with Crippen molar-refractivity contribution in [2.75, 3.05) is 132 Å². The number of carboxylic acid groups (broad SMARTS) is 1. The van der Waals surface area contributed by atoms with Gasteiger partial charge in [0.25, 0.3) is 0 Å². The molecule has 16 heteroatoms. The molecule has 0 rings (SSSR count). The number of hydrogen-bond donors (Lipinski definition) is 1. The van der Waals surface area contributed by atoms with Crippen LogP contribution in [0.1, 0.15) is 32.6 Å². The number of ketones is 1. The van der Waals surface area contributed by atoms with Crippen LogP contribution in [-0.4, -0.2) is 161 Å². The minimum atomic E-state index is -1.57. The van der Waals surface area contributed by atoms with E-state index >= 15 is 0 Å². The Hall–Kier alpha value is -2.28. The topological polar surface area (TPSA) is 190 Å². The highest BCUT2D eigenvalue weighted by atomic mass is 16.6. The van der Waals surface area contributed by atoms with Gasteiger partial charge in [-0.15, -0.1) is 0 Å². The lowest BCUT2D eigenvalue weighted by atomic mass is 10.2. The van der Waals surface area contributed by atoms with Crippen LogP contribution >= 0.6 is 0 Å². The molecule has 0 heterocycles. The molecule has 0 bridgehead atoms. The Bertz CT molecular complexity index is 720. The second-order valence-corrected chi connectivity index (χ2v) is 8.93. The molecule has 0 aromatic carbocycles. The molecule has 0 aliphatic heterocycles. The quantitative estimate of drug-likeness (QED) is 0.0555. The minimum Gasteiger partial charge on any atom is -0.476 e. The molecule has 0 saturated heterocycles. The van der Waals surface area contributed by atoms with Crippen molar-refractivity contribution in [1.29, 1.82) is 0 Å². The molecule has 0 aromatic heterocycles. The molecule has 45 heavy (non-hydrogen) atoms. The van der Waals surface area contributed by atoms with Gasteiger partial charge in [0.15, 0.2) is 0 Å². The molecule has 0 aliphatic rings. The van der Waals surface area contributed by atoms with Gasteiger partial charge in [-0.05, 0) is 6.42 Å². The van der Waals surface area contributed by atoms with E-state index in [1.54, 1.807) is 0 Å². The van der Waals surface area contributed by atoms with E-state index in [1.165, 1.54) is 0 Å². The molecule has 0 atom stereocenters. The Morgan fingerprint density at radius 1 is 0.378 bits per heavy atom. The van der Waals surface area contributed by atoms with Gasteiger partial charge in [-0.25, -0.2) is 4.79 Å². The standard InChI is InChI=1S/C29H52O16/c1-2-3-27(31)44-24-22-42-20-18-40-16-14-38-12-10-36-8-6-35-7-9-37-11-13-39-15-17-41-19-21-43-23-25-45-28(32)5-4-26(30)29(33)34/h2-25H2,1H3,(H,33,34). The van der Waals surface area contributed by atoms with Gasteiger partial charge in [-0.3, -0.25) is 14.4 Å². The normalized spacial score (nSPS) is 11.0. The zero-order chi connectivity index (χ0) is 33.1. The van der Waals surface area contributed by atoms with Gasteiger partial charge >= 0.3 is 17.9 Å². The van der Waals surface area contributed by atoms with E-state index in [0.717, 1.165) is 6.42 Å². The maximum absolute atomic E-state index is 11.3. The first-order valence-corrected chi connectivity index (χ1v) is 15.2. The fourth-order valence-electron chi connectivity index (χ4n) is 2.96. The lowest BCUT2D eigenvalue weighted by Crippen LogP contribution is -2.17. The number of aliphatic carboxylic acids is 1. The fraction of sp³-hybridized carbons (Fsp3) is 0.862. The third-order valence-corrected chi connectivity index (χ3v) is 5.21. The SMILES string of the molecule is CCCC(=O)OCCOCCOCCOCCOCCOCCOCCOCCOCCOCCOC(=O)CCC(=O)C(=O)O. The second kappa shape index (κ2) is 34.6. The minimum absolute atomic E-state index is 0.0108. The number of Topliss-reactive ketones (excluding diaryl/α,β-unsaturated/α-hetero) is 1. The average molecular weight is 657 g/mol. The molecule has 0 aromatic rings. The third-order valence-electron chi connectivity index (χ3n) is 5.21. The number of carboxylic acids is 1. The monoisotopic (exact) mass is 656 g/mol. The highest BCUT2D eigenvalue weighted by Crippen LogP contribution is 1.95. The van der Waals surface area contributed by atoms with Crippen LogP contribution in [0.3, 0.4) is 0 Å². The first-order chi connectivity index (χ1) is 22.0. The van der Waals surface area contributed by atoms with E-state index in [2.05, 4.69) is 0 Å². The lowest BCUT2D eigenvalue weighted by Gasteiger charge is -2.09. The van der Waals surface area contributed by atoms with Crippen molar-refractivity contribution in [3.05, 3.63) is 0 Å². The highest BCUT2D eigenvalue weighted by molar-refractivity contribution is 6.32. The summed E-state index contributed by atoms with van der Waals surface area (Å²) in [5.41, 5.74) is 0. The van der Waals surface area contributed by atoms with E-state index in [1.807, 2.05) is 6.92 Å². The van der Waals surface area contributed by atoms with Crippen LogP contribution in [0.15, 0.2) is 0 Å². The highest BCUT2D eigenvalue weighted by Gasteiger charge is 2.14. The molecule has 0 unspecified atom stereocenters. The van der Waals surface area contributed by atoms with E-state index in [-0.39, 0.29) is 38.6 Å². The van der Waals surface area contributed by atoms with E-state index in [9.17, 15) is 19.2 Å². The Balaban J connectivity index is 3.14. The van der Waals surface area contributed by atoms with Crippen LogP contribution in [0.2, 0.25) is 0 Å². The zero-order valence-electron chi connectivity index (χ0n) is 26.5. The summed E-state index contributed by atoms with van der Waals surface area (Å²) < 4.78 is 58.2. The lowest BCUT2D eigenvalue weighted by molar-refractivity contribution is -0.151. The van der Waals surface area contributed by atoms with E-state index in [0.29, 0.717) is 119 Å². The summed E-state index contributed by atoms with van der Waals surface area (Å²) in [6.45, 7) is 9.65. The largest absolute Gasteiger partial charge is 0.476 e. The predicted octanol–water partition coefficient (Wildman–Crippen LogP) is 0.456. The molecular weight excluding hydrogens is 604 g/mol. The summed E-state index contributed by atoms with van der Waals surface area (Å²) in [6.07, 6.45) is 0.539. The van der Waals surface area contributed by atoms with Gasteiger partial charge in [0.1, 0.15) is 13.2 Å². The summed E-state index contributed by atoms with van der Waals surface area (Å²) in [5, 5.41) is 8.43. The smallest absolute Gasteiger partial charge is 0.372 e. The van der Waals surface area contributed by atoms with E-state index in [4.69, 9.17) is 57.2 Å². The van der Waals surface area contributed by atoms with Crippen molar-refractivity contribution >= 4 is 23.7 Å². The van der Waals surface area contributed by atoms with Crippen LogP contribution in [0.5, 0.6) is 0 Å². The maximum atomic E-state index is 11.3. The Morgan fingerprint density at radius 3 is 0.867 bits per heavy atom. The van der Waals surface area contributed by atoms with Crippen molar-refractivity contribution < 1.29 is 76.4 Å². The fourth-order valence-corrected chi connectivity index (χ4v) is 2.96. The number of ether oxygens (including phenoxy) is 11. The van der Waals surface area contributed by atoms with Gasteiger partial charge in [0, 0.05) is 12.8 Å². The van der Waals surface area contributed by atoms with Crippen LogP contribution in [0, 0.1) is 0 Å². The van der Waals surface area contributed by atoms with Crippen molar-refractivity contribution in [3.63, 3.8) is 0 Å². The summed E-state index contributed by atoms with van der Waals surface area (Å²) in [4.78, 5) is 43.8. The van der Waals surface area contributed by atoms with Crippen molar-refractivity contribution in [2.24, 2.45) is 0 Å². The molecule has 0 spiro atoms. The number of rotatable bonds is 36. The number of carbonyl (C=O) groups excluding carboxylic acids is 3. The van der Waals surface area contributed by atoms with E-state index < -0.39 is 17.7 Å². The average Bonchev–Trinajstić information content (AvgIpc) is 3.02. The summed E-state index contributed by atoms with van der Waals surface area (Å²) in [5.74, 6) is -3.45. The summed E-state index contributed by atoms with van der Waals surface area (Å²) in [6, 6.07) is 0. The van der Waals surface area contributed by atoms with Crippen LogP contribution < -0.4 is 0 Å². The number of esters is 2. The third kappa shape index (κ3) is 34.4. The van der Waals surface area contributed by atoms with Crippen LogP contribution in [0.25, 0.3) is 0 Å². The molecule has 1 N–H and O–H groups in total.